The summed E-state index contributed by atoms with van der Waals surface area (Å²) in [6, 6.07) is 5.63. The number of methoxy groups -OCH3 is 2. The van der Waals surface area contributed by atoms with Crippen LogP contribution in [0.2, 0.25) is 0 Å². The molecule has 0 aromatic heterocycles. The molecule has 0 saturated carbocycles. The van der Waals surface area contributed by atoms with Crippen molar-refractivity contribution in [2.45, 2.75) is 24.1 Å². The molecule has 100 valence electrons. The van der Waals surface area contributed by atoms with Crippen molar-refractivity contribution in [3.05, 3.63) is 23.8 Å². The summed E-state index contributed by atoms with van der Waals surface area (Å²) in [5.41, 5.74) is 1.03. The minimum absolute atomic E-state index is 0.121. The fourth-order valence-corrected chi connectivity index (χ4v) is 2.22. The van der Waals surface area contributed by atoms with E-state index in [9.17, 15) is 4.79 Å². The molecule has 0 aliphatic carbocycles. The molecule has 0 bridgehead atoms. The van der Waals surface area contributed by atoms with Crippen LogP contribution >= 0.6 is 15.9 Å². The normalized spacial score (nSPS) is 11.9. The number of aliphatic carboxylic acids is 1. The van der Waals surface area contributed by atoms with Gasteiger partial charge in [0.1, 0.15) is 11.5 Å². The minimum Gasteiger partial charge on any atom is -0.497 e. The first-order valence-electron chi connectivity index (χ1n) is 5.63. The van der Waals surface area contributed by atoms with Gasteiger partial charge in [0.2, 0.25) is 0 Å². The van der Waals surface area contributed by atoms with Gasteiger partial charge in [-0.2, -0.15) is 0 Å². The number of hydrogen-bond acceptors (Lipinski definition) is 3. The van der Waals surface area contributed by atoms with Gasteiger partial charge in [0.05, 0.1) is 14.2 Å². The largest absolute Gasteiger partial charge is 0.497 e. The topological polar surface area (TPSA) is 55.8 Å². The van der Waals surface area contributed by atoms with Crippen LogP contribution in [-0.2, 0) is 11.2 Å². The molecule has 1 unspecified atom stereocenters. The van der Waals surface area contributed by atoms with Crippen LogP contribution in [0.1, 0.15) is 18.4 Å². The van der Waals surface area contributed by atoms with Crippen LogP contribution in [0.25, 0.3) is 0 Å². The van der Waals surface area contributed by atoms with E-state index in [2.05, 4.69) is 15.9 Å². The van der Waals surface area contributed by atoms with Gasteiger partial charge in [-0.3, -0.25) is 4.79 Å². The van der Waals surface area contributed by atoms with Crippen molar-refractivity contribution >= 4 is 21.9 Å². The van der Waals surface area contributed by atoms with E-state index >= 15 is 0 Å². The molecule has 0 fully saturated rings. The van der Waals surface area contributed by atoms with Gasteiger partial charge in [0, 0.05) is 17.3 Å². The van der Waals surface area contributed by atoms with Gasteiger partial charge in [0.15, 0.2) is 0 Å². The molecule has 5 heteroatoms. The average molecular weight is 317 g/mol. The Labute approximate surface area is 115 Å². The lowest BCUT2D eigenvalue weighted by molar-refractivity contribution is -0.137. The van der Waals surface area contributed by atoms with E-state index in [0.29, 0.717) is 6.42 Å². The van der Waals surface area contributed by atoms with Crippen molar-refractivity contribution in [3.63, 3.8) is 0 Å². The highest BCUT2D eigenvalue weighted by Crippen LogP contribution is 2.27. The summed E-state index contributed by atoms with van der Waals surface area (Å²) < 4.78 is 10.4. The molecule has 1 aromatic carbocycles. The van der Waals surface area contributed by atoms with Crippen molar-refractivity contribution < 1.29 is 19.4 Å². The zero-order valence-corrected chi connectivity index (χ0v) is 12.1. The lowest BCUT2D eigenvalue weighted by atomic mass is 10.1. The summed E-state index contributed by atoms with van der Waals surface area (Å²) in [7, 11) is 3.22. The summed E-state index contributed by atoms with van der Waals surface area (Å²) in [5, 5.41) is 8.64. The third-order valence-corrected chi connectivity index (χ3v) is 3.39. The highest BCUT2D eigenvalue weighted by Gasteiger charge is 2.12. The molecular formula is C13H17BrO4. The van der Waals surface area contributed by atoms with E-state index in [1.54, 1.807) is 14.2 Å². The average Bonchev–Trinajstić information content (AvgIpc) is 2.36. The number of hydrogen-bond donors (Lipinski definition) is 1. The third kappa shape index (κ3) is 4.56. The first-order valence-corrected chi connectivity index (χ1v) is 6.55. The molecule has 1 atom stereocenters. The monoisotopic (exact) mass is 316 g/mol. The third-order valence-electron chi connectivity index (χ3n) is 2.61. The van der Waals surface area contributed by atoms with Gasteiger partial charge in [-0.25, -0.2) is 0 Å². The SMILES string of the molecule is COc1ccc(CC(Br)CCC(=O)O)c(OC)c1. The second-order valence-electron chi connectivity index (χ2n) is 3.91. The van der Waals surface area contributed by atoms with Crippen LogP contribution in [-0.4, -0.2) is 30.1 Å². The summed E-state index contributed by atoms with van der Waals surface area (Å²) in [6.07, 6.45) is 1.47. The van der Waals surface area contributed by atoms with Crippen LogP contribution in [0, 0.1) is 0 Å². The van der Waals surface area contributed by atoms with Gasteiger partial charge in [0.25, 0.3) is 0 Å². The van der Waals surface area contributed by atoms with Crippen molar-refractivity contribution in [1.29, 1.82) is 0 Å². The lowest BCUT2D eigenvalue weighted by Crippen LogP contribution is -2.07. The van der Waals surface area contributed by atoms with Crippen molar-refractivity contribution in [1.82, 2.24) is 0 Å². The minimum atomic E-state index is -0.777. The number of benzene rings is 1. The molecule has 1 rings (SSSR count). The van der Waals surface area contributed by atoms with Gasteiger partial charge in [-0.1, -0.05) is 22.0 Å². The molecule has 0 radical (unpaired) electrons. The maximum Gasteiger partial charge on any atom is 0.303 e. The molecule has 0 heterocycles. The second kappa shape index (κ2) is 7.26. The number of rotatable bonds is 7. The summed E-state index contributed by atoms with van der Waals surface area (Å²) in [5.74, 6) is 0.725. The number of carboxylic acid groups (broad SMARTS) is 1. The van der Waals surface area contributed by atoms with Crippen LogP contribution < -0.4 is 9.47 Å². The molecular weight excluding hydrogens is 300 g/mol. The zero-order chi connectivity index (χ0) is 13.5. The predicted octanol–water partition coefficient (Wildman–Crippen LogP) is 2.87. The van der Waals surface area contributed by atoms with Gasteiger partial charge in [-0.05, 0) is 24.5 Å². The molecule has 4 nitrogen and oxygen atoms in total. The Kier molecular flexibility index (Phi) is 5.98. The van der Waals surface area contributed by atoms with Crippen LogP contribution in [0.4, 0.5) is 0 Å². The first kappa shape index (κ1) is 14.8. The molecule has 0 amide bonds. The van der Waals surface area contributed by atoms with E-state index in [-0.39, 0.29) is 11.2 Å². The highest BCUT2D eigenvalue weighted by molar-refractivity contribution is 9.09. The second-order valence-corrected chi connectivity index (χ2v) is 5.21. The maximum absolute atomic E-state index is 10.5. The Hall–Kier alpha value is -1.23. The number of ether oxygens (including phenoxy) is 2. The number of carbonyl (C=O) groups is 1. The molecule has 0 aliphatic rings. The van der Waals surface area contributed by atoms with Crippen molar-refractivity contribution in [3.8, 4) is 11.5 Å². The van der Waals surface area contributed by atoms with Crippen LogP contribution in [0.5, 0.6) is 11.5 Å². The number of carboxylic acids is 1. The molecule has 1 N–H and O–H groups in total. The Balaban J connectivity index is 2.68. The van der Waals surface area contributed by atoms with Crippen LogP contribution in [0.3, 0.4) is 0 Å². The predicted molar refractivity (Wildman–Crippen MR) is 72.8 cm³/mol. The summed E-state index contributed by atoms with van der Waals surface area (Å²) >= 11 is 3.49. The van der Waals surface area contributed by atoms with Gasteiger partial charge in [-0.15, -0.1) is 0 Å². The Bertz CT molecular complexity index is 406. The molecule has 18 heavy (non-hydrogen) atoms. The Morgan fingerprint density at radius 1 is 1.39 bits per heavy atom. The van der Waals surface area contributed by atoms with E-state index in [0.717, 1.165) is 23.5 Å². The fourth-order valence-electron chi connectivity index (χ4n) is 1.64. The van der Waals surface area contributed by atoms with E-state index in [1.807, 2.05) is 18.2 Å². The molecule has 0 spiro atoms. The standard InChI is InChI=1S/C13H17BrO4/c1-17-11-5-3-9(12(8-11)18-2)7-10(14)4-6-13(15)16/h3,5,8,10H,4,6-7H2,1-2H3,(H,15,16). The Morgan fingerprint density at radius 2 is 2.11 bits per heavy atom. The Morgan fingerprint density at radius 3 is 2.67 bits per heavy atom. The quantitative estimate of drug-likeness (QED) is 0.786. The summed E-state index contributed by atoms with van der Waals surface area (Å²) in [6.45, 7) is 0. The number of alkyl halides is 1. The lowest BCUT2D eigenvalue weighted by Gasteiger charge is -2.13. The first-order chi connectivity index (χ1) is 8.56. The molecule has 0 saturated heterocycles. The van der Waals surface area contributed by atoms with E-state index in [1.165, 1.54) is 0 Å². The smallest absolute Gasteiger partial charge is 0.303 e. The molecule has 0 aliphatic heterocycles. The van der Waals surface area contributed by atoms with Gasteiger partial charge < -0.3 is 14.6 Å². The number of halogens is 1. The van der Waals surface area contributed by atoms with Crippen LogP contribution in [0.15, 0.2) is 18.2 Å². The molecule has 1 aromatic rings. The zero-order valence-electron chi connectivity index (χ0n) is 10.5. The van der Waals surface area contributed by atoms with Crippen molar-refractivity contribution in [2.75, 3.05) is 14.2 Å². The fraction of sp³-hybridized carbons (Fsp3) is 0.462. The van der Waals surface area contributed by atoms with Crippen molar-refractivity contribution in [2.24, 2.45) is 0 Å². The van der Waals surface area contributed by atoms with E-state index < -0.39 is 5.97 Å². The highest BCUT2D eigenvalue weighted by atomic mass is 79.9. The van der Waals surface area contributed by atoms with Gasteiger partial charge >= 0.3 is 5.97 Å². The van der Waals surface area contributed by atoms with E-state index in [4.69, 9.17) is 14.6 Å². The summed E-state index contributed by atoms with van der Waals surface area (Å²) in [4.78, 5) is 10.6. The maximum atomic E-state index is 10.5.